The van der Waals surface area contributed by atoms with E-state index in [9.17, 15) is 14.4 Å². The molecular weight excluding hydrogens is 324 g/mol. The number of carbonyl (C=O) groups excluding carboxylic acids is 3. The summed E-state index contributed by atoms with van der Waals surface area (Å²) in [5.41, 5.74) is -1.47. The van der Waals surface area contributed by atoms with Gasteiger partial charge in [0.1, 0.15) is 12.2 Å². The van der Waals surface area contributed by atoms with E-state index in [0.717, 1.165) is 0 Å². The van der Waals surface area contributed by atoms with Gasteiger partial charge in [-0.15, -0.1) is 0 Å². The van der Waals surface area contributed by atoms with Gasteiger partial charge in [0, 0.05) is 5.57 Å². The van der Waals surface area contributed by atoms with Gasteiger partial charge in [-0.2, -0.15) is 0 Å². The van der Waals surface area contributed by atoms with Crippen molar-refractivity contribution in [2.24, 2.45) is 23.2 Å². The van der Waals surface area contributed by atoms with E-state index >= 15 is 0 Å². The highest BCUT2D eigenvalue weighted by molar-refractivity contribution is 6.00. The molecule has 0 unspecified atom stereocenters. The Labute approximate surface area is 146 Å². The Bertz CT molecular complexity index is 717. The third kappa shape index (κ3) is 2.16. The first-order valence-corrected chi connectivity index (χ1v) is 8.66. The quantitative estimate of drug-likeness (QED) is 0.429. The van der Waals surface area contributed by atoms with Gasteiger partial charge in [-0.3, -0.25) is 4.79 Å². The van der Waals surface area contributed by atoms with Crippen molar-refractivity contribution in [1.29, 1.82) is 0 Å². The smallest absolute Gasteiger partial charge is 0.340 e. The minimum Gasteiger partial charge on any atom is -0.459 e. The van der Waals surface area contributed by atoms with Crippen molar-refractivity contribution in [3.05, 3.63) is 24.3 Å². The number of fused-ring (bicyclic) bond motifs is 3. The van der Waals surface area contributed by atoms with Gasteiger partial charge in [0.25, 0.3) is 0 Å². The lowest BCUT2D eigenvalue weighted by Crippen LogP contribution is -2.46. The van der Waals surface area contributed by atoms with Crippen molar-refractivity contribution in [2.45, 2.75) is 45.0 Å². The minimum atomic E-state index is -0.897. The molecule has 0 amide bonds. The van der Waals surface area contributed by atoms with Crippen LogP contribution in [0.25, 0.3) is 0 Å². The number of ketones is 1. The van der Waals surface area contributed by atoms with Gasteiger partial charge in [0.2, 0.25) is 0 Å². The highest BCUT2D eigenvalue weighted by Crippen LogP contribution is 2.55. The third-order valence-electron chi connectivity index (χ3n) is 6.38. The fourth-order valence-electron chi connectivity index (χ4n) is 4.61. The Morgan fingerprint density at radius 1 is 1.36 bits per heavy atom. The summed E-state index contributed by atoms with van der Waals surface area (Å²) in [5.74, 6) is -1.49. The number of hydrogen-bond donors (Lipinski definition) is 0. The lowest BCUT2D eigenvalue weighted by molar-refractivity contribution is -0.160. The number of esters is 2. The molecule has 6 nitrogen and oxygen atoms in total. The molecule has 0 aromatic carbocycles. The van der Waals surface area contributed by atoms with Crippen LogP contribution in [0.4, 0.5) is 0 Å². The van der Waals surface area contributed by atoms with E-state index in [1.54, 1.807) is 13.0 Å². The molecule has 7 atom stereocenters. The molecule has 0 radical (unpaired) electrons. The van der Waals surface area contributed by atoms with Gasteiger partial charge < -0.3 is 14.2 Å². The van der Waals surface area contributed by atoms with Crippen LogP contribution in [0.3, 0.4) is 0 Å². The van der Waals surface area contributed by atoms with Crippen molar-refractivity contribution >= 4 is 17.7 Å². The Morgan fingerprint density at radius 2 is 2.04 bits per heavy atom. The minimum absolute atomic E-state index is 0.0497. The van der Waals surface area contributed by atoms with E-state index in [1.807, 2.05) is 19.9 Å². The van der Waals surface area contributed by atoms with Crippen molar-refractivity contribution in [3.8, 4) is 0 Å². The summed E-state index contributed by atoms with van der Waals surface area (Å²) in [7, 11) is 0. The van der Waals surface area contributed by atoms with E-state index in [1.165, 1.54) is 0 Å². The van der Waals surface area contributed by atoms with Crippen LogP contribution in [0.5, 0.6) is 0 Å². The molecule has 134 valence electrons. The molecule has 6 heteroatoms. The molecule has 2 aliphatic carbocycles. The first-order chi connectivity index (χ1) is 11.7. The molecule has 0 aromatic rings. The van der Waals surface area contributed by atoms with Gasteiger partial charge >= 0.3 is 11.9 Å². The summed E-state index contributed by atoms with van der Waals surface area (Å²) in [4.78, 5) is 37.2. The summed E-state index contributed by atoms with van der Waals surface area (Å²) >= 11 is 0. The number of hydrogen-bond acceptors (Lipinski definition) is 6. The molecule has 0 N–H and O–H groups in total. The van der Waals surface area contributed by atoms with Gasteiger partial charge in [0.05, 0.1) is 17.9 Å². The summed E-state index contributed by atoms with van der Waals surface area (Å²) in [5, 5.41) is 0. The van der Waals surface area contributed by atoms with Crippen LogP contribution in [-0.2, 0) is 28.6 Å². The highest BCUT2D eigenvalue weighted by Gasteiger charge is 2.63. The zero-order chi connectivity index (χ0) is 18.1. The van der Waals surface area contributed by atoms with Crippen LogP contribution in [0.15, 0.2) is 24.3 Å². The van der Waals surface area contributed by atoms with Crippen molar-refractivity contribution in [1.82, 2.24) is 0 Å². The maximum absolute atomic E-state index is 12.6. The standard InChI is InChI=1S/C19H22O6/c1-9-7-12(24-17(22)18(3)8-23-18)14-10(2)16(21)25-15(14)19(4)11(9)5-6-13(19)20/h5-6,9,11-12,14-15H,2,7-8H2,1,3-4H3/t9-,11-,12-,14+,15+,18+,19-/m0/s1. The molecule has 0 spiro atoms. The first kappa shape index (κ1) is 16.5. The Morgan fingerprint density at radius 3 is 2.68 bits per heavy atom. The van der Waals surface area contributed by atoms with Crippen LogP contribution in [0.1, 0.15) is 27.2 Å². The van der Waals surface area contributed by atoms with Crippen molar-refractivity contribution in [2.75, 3.05) is 6.61 Å². The highest BCUT2D eigenvalue weighted by atomic mass is 16.6. The lowest BCUT2D eigenvalue weighted by atomic mass is 9.68. The zero-order valence-corrected chi connectivity index (χ0v) is 14.6. The number of epoxide rings is 1. The zero-order valence-electron chi connectivity index (χ0n) is 14.6. The van der Waals surface area contributed by atoms with E-state index in [2.05, 4.69) is 6.58 Å². The second-order valence-electron chi connectivity index (χ2n) is 8.09. The number of allylic oxidation sites excluding steroid dienone is 2. The van der Waals surface area contributed by atoms with Crippen LogP contribution >= 0.6 is 0 Å². The summed E-state index contributed by atoms with van der Waals surface area (Å²) in [6, 6.07) is 0. The Kier molecular flexibility index (Phi) is 3.33. The van der Waals surface area contributed by atoms with Gasteiger partial charge in [-0.1, -0.05) is 19.6 Å². The van der Waals surface area contributed by atoms with E-state index in [-0.39, 0.29) is 23.2 Å². The number of ether oxygens (including phenoxy) is 3. The molecule has 4 aliphatic rings. The lowest BCUT2D eigenvalue weighted by Gasteiger charge is -2.36. The van der Waals surface area contributed by atoms with Gasteiger partial charge in [-0.25, -0.2) is 9.59 Å². The summed E-state index contributed by atoms with van der Waals surface area (Å²) in [6.07, 6.45) is 2.79. The molecular formula is C19H22O6. The van der Waals surface area contributed by atoms with Crippen LogP contribution in [-0.4, -0.2) is 42.1 Å². The van der Waals surface area contributed by atoms with E-state index in [4.69, 9.17) is 14.2 Å². The fraction of sp³-hybridized carbons (Fsp3) is 0.632. The molecule has 25 heavy (non-hydrogen) atoms. The third-order valence-corrected chi connectivity index (χ3v) is 6.38. The van der Waals surface area contributed by atoms with Crippen LogP contribution in [0.2, 0.25) is 0 Å². The molecule has 2 saturated heterocycles. The first-order valence-electron chi connectivity index (χ1n) is 8.66. The molecule has 3 fully saturated rings. The predicted octanol–water partition coefficient (Wildman–Crippen LogP) is 1.59. The Hall–Kier alpha value is -1.95. The molecule has 1 saturated carbocycles. The van der Waals surface area contributed by atoms with Gasteiger partial charge in [-0.05, 0) is 38.2 Å². The average Bonchev–Trinajstić information content (AvgIpc) is 3.15. The van der Waals surface area contributed by atoms with E-state index in [0.29, 0.717) is 13.0 Å². The SMILES string of the molecule is C=C1C(=O)O[C@@H]2[C@H]1[C@@H](OC(=O)[C@@]1(C)CO1)C[C@H](C)[C@@H]1C=CC(=O)[C@@]21C. The van der Waals surface area contributed by atoms with E-state index < -0.39 is 41.1 Å². The normalized spacial score (nSPS) is 47.8. The number of carbonyl (C=O) groups is 3. The average molecular weight is 346 g/mol. The summed E-state index contributed by atoms with van der Waals surface area (Å²) < 4.78 is 16.5. The van der Waals surface area contributed by atoms with Crippen molar-refractivity contribution < 1.29 is 28.6 Å². The van der Waals surface area contributed by atoms with Crippen LogP contribution in [0, 0.1) is 23.2 Å². The predicted molar refractivity (Wildman–Crippen MR) is 86.3 cm³/mol. The molecule has 0 bridgehead atoms. The fourth-order valence-corrected chi connectivity index (χ4v) is 4.61. The van der Waals surface area contributed by atoms with Crippen LogP contribution < -0.4 is 0 Å². The Balaban J connectivity index is 1.72. The maximum Gasteiger partial charge on any atom is 0.340 e. The molecule has 0 aromatic heterocycles. The van der Waals surface area contributed by atoms with Crippen molar-refractivity contribution in [3.63, 3.8) is 0 Å². The van der Waals surface area contributed by atoms with Gasteiger partial charge in [0.15, 0.2) is 11.4 Å². The molecule has 2 aliphatic heterocycles. The topological polar surface area (TPSA) is 82.2 Å². The second kappa shape index (κ2) is 5.04. The molecule has 4 rings (SSSR count). The maximum atomic E-state index is 12.6. The monoisotopic (exact) mass is 346 g/mol. The number of rotatable bonds is 2. The summed E-state index contributed by atoms with van der Waals surface area (Å²) in [6.45, 7) is 9.76. The largest absolute Gasteiger partial charge is 0.459 e. The second-order valence-corrected chi connectivity index (χ2v) is 8.09. The molecule has 2 heterocycles.